The van der Waals surface area contributed by atoms with Gasteiger partial charge in [-0.1, -0.05) is 0 Å². The molecular weight excluding hydrogens is 250 g/mol. The molecule has 18 heavy (non-hydrogen) atoms. The number of rotatable bonds is 9. The highest BCUT2D eigenvalue weighted by Gasteiger charge is 2.19. The zero-order valence-electron chi connectivity index (χ0n) is 11.9. The predicted molar refractivity (Wildman–Crippen MR) is 74.1 cm³/mol. The van der Waals surface area contributed by atoms with Gasteiger partial charge in [-0.3, -0.25) is 0 Å². The van der Waals surface area contributed by atoms with Crippen LogP contribution in [0.15, 0.2) is 0 Å². The van der Waals surface area contributed by atoms with E-state index in [1.54, 1.807) is 7.05 Å². The molecule has 0 aromatic rings. The minimum absolute atomic E-state index is 0.204. The number of sulfone groups is 1. The Morgan fingerprint density at radius 2 is 1.94 bits per heavy atom. The molecule has 0 aliphatic heterocycles. The molecule has 0 saturated heterocycles. The molecule has 0 fully saturated rings. The predicted octanol–water partition coefficient (Wildman–Crippen LogP) is 0.635. The largest absolute Gasteiger partial charge is 0.305 e. The van der Waals surface area contributed by atoms with Crippen LogP contribution in [0, 0.1) is 11.3 Å². The third-order valence-electron chi connectivity index (χ3n) is 3.11. The Kier molecular flexibility index (Phi) is 7.45. The zero-order valence-corrected chi connectivity index (χ0v) is 12.7. The average Bonchev–Trinajstić information content (AvgIpc) is 2.31. The first kappa shape index (κ1) is 17.4. The van der Waals surface area contributed by atoms with Gasteiger partial charge >= 0.3 is 0 Å². The van der Waals surface area contributed by atoms with Crippen molar-refractivity contribution in [2.45, 2.75) is 31.7 Å². The van der Waals surface area contributed by atoms with Gasteiger partial charge in [0.05, 0.1) is 11.8 Å². The summed E-state index contributed by atoms with van der Waals surface area (Å²) < 4.78 is 22.0. The molecule has 6 heteroatoms. The maximum atomic E-state index is 11.0. The molecule has 1 atom stereocenters. The number of hydrogen-bond donors (Lipinski definition) is 1. The number of nitriles is 1. The van der Waals surface area contributed by atoms with Crippen LogP contribution in [0.3, 0.4) is 0 Å². The van der Waals surface area contributed by atoms with Crippen LogP contribution < -0.4 is 5.32 Å². The van der Waals surface area contributed by atoms with Crippen molar-refractivity contribution in [3.05, 3.63) is 0 Å². The summed E-state index contributed by atoms with van der Waals surface area (Å²) in [5.74, 6) is 0.204. The van der Waals surface area contributed by atoms with E-state index in [2.05, 4.69) is 11.4 Å². The lowest BCUT2D eigenvalue weighted by atomic mass is 9.97. The molecule has 0 aliphatic carbocycles. The summed E-state index contributed by atoms with van der Waals surface area (Å²) in [7, 11) is 0.841. The third kappa shape index (κ3) is 8.45. The normalized spacial score (nSPS) is 15.3. The molecule has 0 amide bonds. The van der Waals surface area contributed by atoms with Crippen LogP contribution in [-0.4, -0.2) is 58.1 Å². The minimum atomic E-state index is -2.88. The quantitative estimate of drug-likeness (QED) is 0.625. The van der Waals surface area contributed by atoms with E-state index < -0.39 is 15.4 Å². The third-order valence-corrected chi connectivity index (χ3v) is 4.03. The first-order valence-corrected chi connectivity index (χ1v) is 8.25. The molecular formula is C12H25N3O2S. The Morgan fingerprint density at radius 1 is 1.33 bits per heavy atom. The van der Waals surface area contributed by atoms with Gasteiger partial charge in [0.25, 0.3) is 0 Å². The summed E-state index contributed by atoms with van der Waals surface area (Å²) >= 11 is 0. The number of unbranched alkanes of at least 4 members (excludes halogenated alkanes) is 1. The molecule has 106 valence electrons. The van der Waals surface area contributed by atoms with Crippen molar-refractivity contribution in [2.24, 2.45) is 0 Å². The minimum Gasteiger partial charge on any atom is -0.305 e. The molecule has 0 spiro atoms. The second-order valence-electron chi connectivity index (χ2n) is 5.08. The van der Waals surface area contributed by atoms with E-state index in [1.807, 2.05) is 18.9 Å². The van der Waals surface area contributed by atoms with Gasteiger partial charge in [0.2, 0.25) is 0 Å². The first-order chi connectivity index (χ1) is 8.22. The van der Waals surface area contributed by atoms with Gasteiger partial charge in [-0.15, -0.1) is 0 Å². The molecule has 0 bridgehead atoms. The van der Waals surface area contributed by atoms with Gasteiger partial charge in [0, 0.05) is 12.8 Å². The van der Waals surface area contributed by atoms with Crippen molar-refractivity contribution < 1.29 is 8.42 Å². The maximum Gasteiger partial charge on any atom is 0.148 e. The van der Waals surface area contributed by atoms with E-state index in [-0.39, 0.29) is 5.75 Å². The van der Waals surface area contributed by atoms with Crippen LogP contribution in [0.4, 0.5) is 0 Å². The van der Waals surface area contributed by atoms with E-state index in [4.69, 9.17) is 5.26 Å². The van der Waals surface area contributed by atoms with Gasteiger partial charge in [0.15, 0.2) is 0 Å². The molecule has 0 saturated carbocycles. The number of nitrogens with one attached hydrogen (secondary N) is 1. The Bertz CT molecular complexity index is 375. The molecule has 1 N–H and O–H groups in total. The van der Waals surface area contributed by atoms with Gasteiger partial charge < -0.3 is 10.2 Å². The average molecular weight is 275 g/mol. The Labute approximate surface area is 111 Å². The van der Waals surface area contributed by atoms with Crippen LogP contribution >= 0.6 is 0 Å². The Hall–Kier alpha value is -0.640. The lowest BCUT2D eigenvalue weighted by Crippen LogP contribution is -2.38. The highest BCUT2D eigenvalue weighted by Crippen LogP contribution is 2.12. The summed E-state index contributed by atoms with van der Waals surface area (Å²) in [6.07, 6.45) is 3.99. The number of nitrogens with zero attached hydrogens (tertiary/aromatic N) is 2. The lowest BCUT2D eigenvalue weighted by Gasteiger charge is -2.21. The van der Waals surface area contributed by atoms with Crippen LogP contribution in [0.2, 0.25) is 0 Å². The monoisotopic (exact) mass is 275 g/mol. The summed E-state index contributed by atoms with van der Waals surface area (Å²) in [5.41, 5.74) is -0.453. The van der Waals surface area contributed by atoms with Crippen molar-refractivity contribution in [1.29, 1.82) is 5.26 Å². The Morgan fingerprint density at radius 3 is 2.39 bits per heavy atom. The fourth-order valence-electron chi connectivity index (χ4n) is 1.53. The topological polar surface area (TPSA) is 73.2 Å². The maximum absolute atomic E-state index is 11.0. The molecule has 0 heterocycles. The second-order valence-corrected chi connectivity index (χ2v) is 7.34. The summed E-state index contributed by atoms with van der Waals surface area (Å²) in [4.78, 5) is 2.02. The van der Waals surface area contributed by atoms with Crippen molar-refractivity contribution in [3.8, 4) is 6.07 Å². The van der Waals surface area contributed by atoms with E-state index in [0.29, 0.717) is 6.54 Å². The van der Waals surface area contributed by atoms with Crippen molar-refractivity contribution in [3.63, 3.8) is 0 Å². The second kappa shape index (κ2) is 7.72. The molecule has 0 aliphatic rings. The highest BCUT2D eigenvalue weighted by molar-refractivity contribution is 7.90. The molecule has 0 aromatic carbocycles. The van der Waals surface area contributed by atoms with E-state index in [0.717, 1.165) is 25.8 Å². The van der Waals surface area contributed by atoms with E-state index in [1.165, 1.54) is 6.26 Å². The van der Waals surface area contributed by atoms with Crippen LogP contribution in [0.5, 0.6) is 0 Å². The van der Waals surface area contributed by atoms with Crippen molar-refractivity contribution >= 4 is 9.84 Å². The van der Waals surface area contributed by atoms with E-state index >= 15 is 0 Å². The van der Waals surface area contributed by atoms with Crippen molar-refractivity contribution in [2.75, 3.05) is 39.2 Å². The van der Waals surface area contributed by atoms with E-state index in [9.17, 15) is 8.42 Å². The lowest BCUT2D eigenvalue weighted by molar-refractivity contribution is 0.331. The summed E-state index contributed by atoms with van der Waals surface area (Å²) in [6.45, 7) is 3.32. The van der Waals surface area contributed by atoms with Gasteiger partial charge in [-0.2, -0.15) is 5.26 Å². The van der Waals surface area contributed by atoms with Gasteiger partial charge in [-0.05, 0) is 46.8 Å². The summed E-state index contributed by atoms with van der Waals surface area (Å²) in [5, 5.41) is 12.0. The van der Waals surface area contributed by atoms with Crippen LogP contribution in [-0.2, 0) is 9.84 Å². The van der Waals surface area contributed by atoms with Crippen LogP contribution in [0.25, 0.3) is 0 Å². The van der Waals surface area contributed by atoms with Crippen molar-refractivity contribution in [1.82, 2.24) is 10.2 Å². The zero-order chi connectivity index (χ0) is 14.2. The molecule has 0 rings (SSSR count). The molecule has 0 aromatic heterocycles. The fourth-order valence-corrected chi connectivity index (χ4v) is 2.17. The van der Waals surface area contributed by atoms with Crippen LogP contribution in [0.1, 0.15) is 26.2 Å². The Balaban J connectivity index is 3.76. The standard InChI is InChI=1S/C12H25N3O2S/c1-12(11-13,14-2)7-5-6-8-15(3)9-10-18(4,16)17/h14H,5-10H2,1-4H3. The first-order valence-electron chi connectivity index (χ1n) is 6.19. The number of hydrogen-bond acceptors (Lipinski definition) is 5. The summed E-state index contributed by atoms with van der Waals surface area (Å²) in [6, 6.07) is 2.26. The molecule has 0 radical (unpaired) electrons. The van der Waals surface area contributed by atoms with Gasteiger partial charge in [-0.25, -0.2) is 8.42 Å². The van der Waals surface area contributed by atoms with Gasteiger partial charge in [0.1, 0.15) is 15.4 Å². The molecule has 1 unspecified atom stereocenters. The fraction of sp³-hybridized carbons (Fsp3) is 0.917. The highest BCUT2D eigenvalue weighted by atomic mass is 32.2. The smallest absolute Gasteiger partial charge is 0.148 e. The SMILES string of the molecule is CNC(C)(C#N)CCCCN(C)CCS(C)(=O)=O. The molecule has 5 nitrogen and oxygen atoms in total.